The highest BCUT2D eigenvalue weighted by Gasteiger charge is 2.33. The molecule has 1 saturated carbocycles. The lowest BCUT2D eigenvalue weighted by Crippen LogP contribution is -2.48. The number of hydrogen-bond donors (Lipinski definition) is 4. The van der Waals surface area contributed by atoms with E-state index in [0.29, 0.717) is 37.3 Å². The largest absolute Gasteiger partial charge is 0.462 e. The van der Waals surface area contributed by atoms with E-state index >= 15 is 0 Å². The quantitative estimate of drug-likeness (QED) is 0.148. The summed E-state index contributed by atoms with van der Waals surface area (Å²) in [5, 5.41) is 13.5. The van der Waals surface area contributed by atoms with Gasteiger partial charge in [0.25, 0.3) is 0 Å². The van der Waals surface area contributed by atoms with Crippen LogP contribution in [0.2, 0.25) is 0 Å². The maximum atomic E-state index is 12.9. The zero-order valence-electron chi connectivity index (χ0n) is 24.3. The minimum Gasteiger partial charge on any atom is -0.462 e. The number of likely N-dealkylation sites (N-methyl/N-ethyl adjacent to an activating group) is 1. The minimum atomic E-state index is -0.678. The van der Waals surface area contributed by atoms with Crippen LogP contribution in [0.15, 0.2) is 24.3 Å². The van der Waals surface area contributed by atoms with Crippen molar-refractivity contribution in [2.45, 2.75) is 57.1 Å². The molecule has 6 N–H and O–H groups in total. The number of urea groups is 1. The summed E-state index contributed by atoms with van der Waals surface area (Å²) in [4.78, 5) is 59.7. The van der Waals surface area contributed by atoms with Crippen molar-refractivity contribution in [1.29, 1.82) is 5.41 Å². The van der Waals surface area contributed by atoms with Gasteiger partial charge in [-0.25, -0.2) is 9.59 Å². The molecule has 43 heavy (non-hydrogen) atoms. The van der Waals surface area contributed by atoms with Gasteiger partial charge in [-0.1, -0.05) is 6.42 Å². The molecule has 14 nitrogen and oxygen atoms in total. The first-order valence-electron chi connectivity index (χ1n) is 13.9. The Balaban J connectivity index is 0.00000308. The molecule has 16 heteroatoms. The maximum absolute atomic E-state index is 12.9. The molecule has 0 unspecified atom stereocenters. The van der Waals surface area contributed by atoms with E-state index in [1.807, 2.05) is 7.05 Å². The van der Waals surface area contributed by atoms with Crippen LogP contribution in [0.1, 0.15) is 50.5 Å². The summed E-state index contributed by atoms with van der Waals surface area (Å²) < 4.78 is 5.45. The van der Waals surface area contributed by atoms with Gasteiger partial charge >= 0.3 is 18.1 Å². The molecule has 2 aliphatic heterocycles. The van der Waals surface area contributed by atoms with Crippen LogP contribution in [0.5, 0.6) is 0 Å². The van der Waals surface area contributed by atoms with Crippen molar-refractivity contribution in [2.24, 2.45) is 0 Å². The van der Waals surface area contributed by atoms with E-state index in [1.165, 1.54) is 6.42 Å². The number of carbonyl (C=O) groups excluding carboxylic acids is 4. The SMILES string of the molecule is CN1CCN(C(=O)ONC(=N)c2ccc(N3CC[C@H](NC(=O)NCCC(=O)OC4CCCCC4)C3=O)cc2)CC1.Cl.Cl.O. The third-order valence-electron chi connectivity index (χ3n) is 7.45. The van der Waals surface area contributed by atoms with Crippen LogP contribution in [0.4, 0.5) is 15.3 Å². The number of hydroxylamine groups is 1. The van der Waals surface area contributed by atoms with Gasteiger partial charge in [0.1, 0.15) is 12.1 Å². The molecule has 0 aromatic heterocycles. The number of anilines is 1. The van der Waals surface area contributed by atoms with Crippen LogP contribution in [0.3, 0.4) is 0 Å². The van der Waals surface area contributed by atoms with E-state index < -0.39 is 18.2 Å². The molecule has 2 heterocycles. The van der Waals surface area contributed by atoms with Crippen molar-refractivity contribution in [3.05, 3.63) is 29.8 Å². The summed E-state index contributed by atoms with van der Waals surface area (Å²) in [7, 11) is 1.99. The summed E-state index contributed by atoms with van der Waals surface area (Å²) in [6.45, 7) is 3.22. The summed E-state index contributed by atoms with van der Waals surface area (Å²) in [5.41, 5.74) is 3.51. The van der Waals surface area contributed by atoms with Crippen LogP contribution < -0.4 is 21.0 Å². The number of amides is 4. The topological polar surface area (TPSA) is 188 Å². The number of nitrogens with zero attached hydrogens (tertiary/aromatic N) is 3. The van der Waals surface area contributed by atoms with Gasteiger partial charge in [0.05, 0.1) is 6.42 Å². The smallest absolute Gasteiger partial charge is 0.434 e. The van der Waals surface area contributed by atoms with E-state index in [4.69, 9.17) is 15.0 Å². The molecule has 0 spiro atoms. The fourth-order valence-corrected chi connectivity index (χ4v) is 5.00. The number of carbonyl (C=O) groups is 4. The molecule has 4 rings (SSSR count). The molecular formula is C27H43Cl2N7O7. The molecule has 1 aromatic carbocycles. The second kappa shape index (κ2) is 18.4. The Labute approximate surface area is 263 Å². The second-order valence-corrected chi connectivity index (χ2v) is 10.4. The number of esters is 1. The van der Waals surface area contributed by atoms with Gasteiger partial charge in [-0.15, -0.1) is 24.8 Å². The first-order valence-corrected chi connectivity index (χ1v) is 13.9. The van der Waals surface area contributed by atoms with Gasteiger partial charge in [0, 0.05) is 50.5 Å². The average Bonchev–Trinajstić information content (AvgIpc) is 3.31. The van der Waals surface area contributed by atoms with Crippen molar-refractivity contribution >= 4 is 60.3 Å². The third-order valence-corrected chi connectivity index (χ3v) is 7.45. The summed E-state index contributed by atoms with van der Waals surface area (Å²) in [6, 6.07) is 5.52. The fourth-order valence-electron chi connectivity index (χ4n) is 5.00. The normalized spacial score (nSPS) is 18.7. The van der Waals surface area contributed by atoms with Crippen molar-refractivity contribution < 1.29 is 34.2 Å². The standard InChI is InChI=1S/C27H39N7O6.2ClH.H2O/c1-32-15-17-33(18-16-32)27(38)40-31-24(28)19-7-9-20(10-8-19)34-14-12-22(25(34)36)30-26(37)29-13-11-23(35)39-21-5-3-2-4-6-21;;;/h7-10,21-22H,2-6,11-18H2,1H3,(H2,28,31)(H2,29,30,37);2*1H;1H2/t22-;;;/m0.../s1. The monoisotopic (exact) mass is 647 g/mol. The lowest BCUT2D eigenvalue weighted by molar-refractivity contribution is -0.150. The molecule has 1 aliphatic carbocycles. The lowest BCUT2D eigenvalue weighted by Gasteiger charge is -2.31. The molecular weight excluding hydrogens is 605 g/mol. The van der Waals surface area contributed by atoms with Gasteiger partial charge in [-0.3, -0.25) is 15.0 Å². The Morgan fingerprint density at radius 2 is 1.60 bits per heavy atom. The predicted molar refractivity (Wildman–Crippen MR) is 165 cm³/mol. The number of hydrogen-bond acceptors (Lipinski definition) is 8. The van der Waals surface area contributed by atoms with E-state index in [2.05, 4.69) is 21.0 Å². The Hall–Kier alpha value is -3.33. The summed E-state index contributed by atoms with van der Waals surface area (Å²) in [5.74, 6) is -0.648. The molecule has 2 saturated heterocycles. The number of piperazine rings is 1. The number of halogens is 2. The van der Waals surface area contributed by atoms with Gasteiger partial charge < -0.3 is 40.4 Å². The van der Waals surface area contributed by atoms with Crippen molar-refractivity contribution in [3.8, 4) is 0 Å². The number of ether oxygens (including phenoxy) is 1. The Bertz CT molecular complexity index is 1080. The molecule has 242 valence electrons. The highest BCUT2D eigenvalue weighted by molar-refractivity contribution is 6.02. The molecule has 1 atom stereocenters. The highest BCUT2D eigenvalue weighted by Crippen LogP contribution is 2.23. The fraction of sp³-hybridized carbons (Fsp3) is 0.593. The molecule has 3 fully saturated rings. The minimum absolute atomic E-state index is 0. The molecule has 1 aromatic rings. The van der Waals surface area contributed by atoms with Crippen molar-refractivity contribution in [2.75, 3.05) is 51.2 Å². The van der Waals surface area contributed by atoms with Crippen LogP contribution in [0, 0.1) is 5.41 Å². The number of nitrogens with one attached hydrogen (secondary N) is 4. The lowest BCUT2D eigenvalue weighted by atomic mass is 9.98. The van der Waals surface area contributed by atoms with Crippen LogP contribution >= 0.6 is 24.8 Å². The van der Waals surface area contributed by atoms with Gasteiger partial charge in [0.15, 0.2) is 5.84 Å². The average molecular weight is 649 g/mol. The van der Waals surface area contributed by atoms with E-state index in [-0.39, 0.29) is 67.1 Å². The molecule has 0 bridgehead atoms. The van der Waals surface area contributed by atoms with Gasteiger partial charge in [0.2, 0.25) is 5.91 Å². The molecule has 0 radical (unpaired) electrons. The van der Waals surface area contributed by atoms with Gasteiger partial charge in [-0.2, -0.15) is 5.48 Å². The summed E-state index contributed by atoms with van der Waals surface area (Å²) in [6.07, 6.45) is 5.10. The molecule has 3 aliphatic rings. The third kappa shape index (κ3) is 11.0. The van der Waals surface area contributed by atoms with E-state index in [9.17, 15) is 19.2 Å². The maximum Gasteiger partial charge on any atom is 0.434 e. The zero-order valence-corrected chi connectivity index (χ0v) is 25.9. The first-order chi connectivity index (χ1) is 19.3. The summed E-state index contributed by atoms with van der Waals surface area (Å²) >= 11 is 0. The zero-order chi connectivity index (χ0) is 28.5. The van der Waals surface area contributed by atoms with E-state index in [0.717, 1.165) is 38.8 Å². The van der Waals surface area contributed by atoms with Crippen LogP contribution in [0.25, 0.3) is 0 Å². The Morgan fingerprint density at radius 1 is 0.953 bits per heavy atom. The highest BCUT2D eigenvalue weighted by atomic mass is 35.5. The van der Waals surface area contributed by atoms with Crippen LogP contribution in [-0.4, -0.2) is 104 Å². The van der Waals surface area contributed by atoms with Crippen molar-refractivity contribution in [3.63, 3.8) is 0 Å². The Kier molecular flexibility index (Phi) is 16.1. The Morgan fingerprint density at radius 3 is 2.26 bits per heavy atom. The molecule has 4 amide bonds. The first kappa shape index (κ1) is 37.7. The number of amidine groups is 1. The predicted octanol–water partition coefficient (Wildman–Crippen LogP) is 1.59. The van der Waals surface area contributed by atoms with Crippen LogP contribution in [-0.2, 0) is 19.2 Å². The van der Waals surface area contributed by atoms with E-state index in [1.54, 1.807) is 34.1 Å². The second-order valence-electron chi connectivity index (χ2n) is 10.4. The van der Waals surface area contributed by atoms with Gasteiger partial charge in [-0.05, 0) is 63.4 Å². The number of benzene rings is 1. The van der Waals surface area contributed by atoms with Crippen molar-refractivity contribution in [1.82, 2.24) is 25.9 Å². The number of rotatable bonds is 7.